The number of amides is 2. The summed E-state index contributed by atoms with van der Waals surface area (Å²) in [5, 5.41) is 116. The quantitative estimate of drug-likeness (QED) is 0.0648. The molecule has 1 aromatic carbocycles. The van der Waals surface area contributed by atoms with Crippen LogP contribution in [-0.4, -0.2) is 196 Å². The average molecular weight is 859 g/mol. The van der Waals surface area contributed by atoms with Gasteiger partial charge in [0.2, 0.25) is 11.7 Å². The Bertz CT molecular complexity index is 1480. The number of benzene rings is 1. The number of rotatable bonds is 17. The summed E-state index contributed by atoms with van der Waals surface area (Å²) >= 11 is 0. The molecule has 324 valence electrons. The van der Waals surface area contributed by atoms with Crippen LogP contribution < -0.4 is 45.3 Å². The zero-order chi connectivity index (χ0) is 42.4. The van der Waals surface area contributed by atoms with Crippen LogP contribution in [0.4, 0.5) is 0 Å². The minimum atomic E-state index is -3.17. The van der Waals surface area contributed by atoms with Gasteiger partial charge in [0.1, 0.15) is 67.0 Å². The van der Waals surface area contributed by atoms with Crippen LogP contribution in [0.15, 0.2) is 30.3 Å². The van der Waals surface area contributed by atoms with E-state index in [-0.39, 0.29) is 41.7 Å². The average Bonchev–Trinajstić information content (AvgIpc) is 3.15. The second-order valence-electron chi connectivity index (χ2n) is 15.5. The molecule has 3 aliphatic heterocycles. The molecule has 11 N–H and O–H groups in total. The molecule has 23 heteroatoms. The van der Waals surface area contributed by atoms with E-state index in [4.69, 9.17) is 28.4 Å². The molecule has 2 amide bonds. The molecule has 0 spiro atoms. The van der Waals surface area contributed by atoms with Gasteiger partial charge in [0.15, 0.2) is 12.6 Å². The third-order valence-electron chi connectivity index (χ3n) is 9.89. The summed E-state index contributed by atoms with van der Waals surface area (Å²) in [7, 11) is -1.61. The summed E-state index contributed by atoms with van der Waals surface area (Å²) in [5.41, 5.74) is 0.209. The van der Waals surface area contributed by atoms with Crippen molar-refractivity contribution in [2.45, 2.75) is 137 Å². The van der Waals surface area contributed by atoms with E-state index in [0.717, 1.165) is 6.92 Å². The van der Waals surface area contributed by atoms with Gasteiger partial charge in [-0.25, -0.2) is 0 Å². The Kier molecular flexibility index (Phi) is 19.1. The Morgan fingerprint density at radius 1 is 0.914 bits per heavy atom. The van der Waals surface area contributed by atoms with Gasteiger partial charge in [-0.1, -0.05) is 37.8 Å². The van der Waals surface area contributed by atoms with E-state index in [1.54, 1.807) is 18.2 Å². The number of aliphatic carboxylic acids is 1. The second kappa shape index (κ2) is 21.9. The first kappa shape index (κ1) is 50.6. The van der Waals surface area contributed by atoms with E-state index >= 15 is 0 Å². The fraction of sp³-hybridized carbons (Fsp3) is 0.743. The predicted molar refractivity (Wildman–Crippen MR) is 191 cm³/mol. The molecular formula is C35H55N2NaO19Si. The fourth-order valence-electron chi connectivity index (χ4n) is 6.65. The molecule has 0 radical (unpaired) electrons. The third-order valence-corrected chi connectivity index (χ3v) is 11.6. The first-order valence-electron chi connectivity index (χ1n) is 18.5. The van der Waals surface area contributed by atoms with Gasteiger partial charge in [-0.3, -0.25) is 9.59 Å². The fourth-order valence-corrected chi connectivity index (χ4v) is 7.38. The molecule has 0 aliphatic carbocycles. The smallest absolute Gasteiger partial charge is 0.544 e. The van der Waals surface area contributed by atoms with Crippen molar-refractivity contribution >= 4 is 25.9 Å². The number of aliphatic hydroxyl groups is 9. The van der Waals surface area contributed by atoms with E-state index in [1.807, 2.05) is 0 Å². The molecule has 1 aromatic rings. The van der Waals surface area contributed by atoms with Crippen molar-refractivity contribution in [2.75, 3.05) is 26.4 Å². The normalized spacial score (nSPS) is 36.5. The molecule has 3 heterocycles. The Labute approximate surface area is 357 Å². The van der Waals surface area contributed by atoms with E-state index in [2.05, 4.69) is 30.3 Å². The molecule has 58 heavy (non-hydrogen) atoms. The Balaban J connectivity index is 0.00000900. The van der Waals surface area contributed by atoms with E-state index < -0.39 is 150 Å². The molecule has 21 nitrogen and oxygen atoms in total. The maximum Gasteiger partial charge on any atom is 1.00 e. The standard InChI is InChI=1S/C35H56N2O19Si.Na/c1-16(40)37-22-18(41)12-35(34(49)50,55-28(22)23(43)19(42)13-36-31(48)17-8-6-5-7-9-17)56-30-25(45)21(15-39)53-33(27(30)47)54-29-24(44)20(14-38)52-32(26(29)46)51-10-11-57(2,3)4;/h5-9,18-30,32-33,38-39,41-47H,10-15H2,1-4H3,(H,36,48)(H,37,40)(H,49,50);/q;+1/p-1/t18-,19+,20+,21+,22+,23+,24-,25-,26+,27+,28+,29-,30-,32+,33-,35-;/m0./s1. The largest absolute Gasteiger partial charge is 1.00 e. The predicted octanol–water partition coefficient (Wildman–Crippen LogP) is -8.75. The number of carbonyl (C=O) groups is 3. The zero-order valence-corrected chi connectivity index (χ0v) is 35.9. The second-order valence-corrected chi connectivity index (χ2v) is 21.2. The van der Waals surface area contributed by atoms with E-state index in [0.29, 0.717) is 6.04 Å². The van der Waals surface area contributed by atoms with Gasteiger partial charge < -0.3 is 94.9 Å². The van der Waals surface area contributed by atoms with Crippen LogP contribution in [-0.2, 0) is 38.0 Å². The SMILES string of the molecule is CC(=O)N[C@H]1[C@H]([C@H](O)[C@H](O)CNC(=O)c2ccccc2)O[C@@](O[C@H]2[C@@H](O)[C@@H](CO)O[C@@H](O[C@H]3[C@@H](O)[C@@H](CO)O[C@@H](OCC[Si](C)(C)C)[C@@H]3O)[C@@H]2O)(C(=O)[O-])C[C@@H]1O.[Na+]. The third kappa shape index (κ3) is 12.4. The summed E-state index contributed by atoms with van der Waals surface area (Å²) in [6.45, 7) is 5.07. The van der Waals surface area contributed by atoms with Gasteiger partial charge in [0, 0.05) is 40.1 Å². The summed E-state index contributed by atoms with van der Waals surface area (Å²) in [6.07, 6.45) is -27.3. The van der Waals surface area contributed by atoms with Gasteiger partial charge in [-0.05, 0) is 18.2 Å². The number of aliphatic hydroxyl groups excluding tert-OH is 9. The summed E-state index contributed by atoms with van der Waals surface area (Å²) in [5.74, 6) is -6.79. The molecule has 4 rings (SSSR count). The van der Waals surface area contributed by atoms with Gasteiger partial charge >= 0.3 is 29.6 Å². The maximum absolute atomic E-state index is 12.9. The first-order chi connectivity index (χ1) is 26.7. The van der Waals surface area contributed by atoms with E-state index in [1.165, 1.54) is 12.1 Å². The molecule has 3 aliphatic rings. The Hall–Kier alpha value is -1.75. The van der Waals surface area contributed by atoms with Crippen LogP contribution in [0.1, 0.15) is 23.7 Å². The molecule has 3 saturated heterocycles. The molecule has 3 fully saturated rings. The summed E-state index contributed by atoms with van der Waals surface area (Å²) in [6, 6.07) is 6.85. The van der Waals surface area contributed by atoms with Gasteiger partial charge in [0.25, 0.3) is 5.91 Å². The van der Waals surface area contributed by atoms with Crippen molar-refractivity contribution in [3.05, 3.63) is 35.9 Å². The Morgan fingerprint density at radius 2 is 1.48 bits per heavy atom. The van der Waals surface area contributed by atoms with Crippen LogP contribution in [0.5, 0.6) is 0 Å². The Morgan fingerprint density at radius 3 is 2.03 bits per heavy atom. The van der Waals surface area contributed by atoms with Crippen molar-refractivity contribution in [1.29, 1.82) is 0 Å². The van der Waals surface area contributed by atoms with Gasteiger partial charge in [-0.15, -0.1) is 0 Å². The first-order valence-corrected chi connectivity index (χ1v) is 22.2. The van der Waals surface area contributed by atoms with Crippen molar-refractivity contribution in [3.8, 4) is 0 Å². The maximum atomic E-state index is 12.9. The van der Waals surface area contributed by atoms with Crippen molar-refractivity contribution in [3.63, 3.8) is 0 Å². The number of carbonyl (C=O) groups excluding carboxylic acids is 3. The number of hydrogen-bond donors (Lipinski definition) is 11. The van der Waals surface area contributed by atoms with Crippen LogP contribution in [0.2, 0.25) is 25.7 Å². The van der Waals surface area contributed by atoms with Gasteiger partial charge in [-0.2, -0.15) is 0 Å². The molecule has 0 saturated carbocycles. The summed E-state index contributed by atoms with van der Waals surface area (Å²) in [4.78, 5) is 37.6. The van der Waals surface area contributed by atoms with Crippen LogP contribution in [0.3, 0.4) is 0 Å². The molecular weight excluding hydrogens is 803 g/mol. The molecule has 0 unspecified atom stereocenters. The number of ether oxygens (including phenoxy) is 6. The number of nitrogens with one attached hydrogen (secondary N) is 2. The summed E-state index contributed by atoms with van der Waals surface area (Å²) < 4.78 is 34.0. The van der Waals surface area contributed by atoms with Crippen molar-refractivity contribution < 1.29 is 123 Å². The number of carboxylic acid groups (broad SMARTS) is 1. The topological polar surface area (TPSA) is 336 Å². The monoisotopic (exact) mass is 858 g/mol. The minimum Gasteiger partial charge on any atom is -0.544 e. The van der Waals surface area contributed by atoms with Crippen molar-refractivity contribution in [2.24, 2.45) is 0 Å². The number of carboxylic acids is 1. The number of hydrogen-bond acceptors (Lipinski definition) is 19. The van der Waals surface area contributed by atoms with Crippen LogP contribution in [0, 0.1) is 0 Å². The van der Waals surface area contributed by atoms with Crippen molar-refractivity contribution in [1.82, 2.24) is 10.6 Å². The molecule has 16 atom stereocenters. The van der Waals surface area contributed by atoms with Crippen LogP contribution in [0.25, 0.3) is 0 Å². The van der Waals surface area contributed by atoms with Gasteiger partial charge in [0.05, 0.1) is 31.5 Å². The molecule has 0 aromatic heterocycles. The molecule has 0 bridgehead atoms. The zero-order valence-electron chi connectivity index (χ0n) is 32.9. The van der Waals surface area contributed by atoms with E-state index in [9.17, 15) is 65.4 Å². The van der Waals surface area contributed by atoms with Crippen LogP contribution >= 0.6 is 0 Å². The minimum absolute atomic E-state index is 0.